The van der Waals surface area contributed by atoms with Crippen molar-refractivity contribution in [3.8, 4) is 0 Å². The molecule has 0 unspecified atom stereocenters. The van der Waals surface area contributed by atoms with Crippen LogP contribution in [0.4, 0.5) is 0 Å². The van der Waals surface area contributed by atoms with Gasteiger partial charge < -0.3 is 10.6 Å². The van der Waals surface area contributed by atoms with Crippen LogP contribution in [-0.2, 0) is 0 Å². The van der Waals surface area contributed by atoms with Gasteiger partial charge in [-0.05, 0) is 20.3 Å². The molecule has 2 N–H and O–H groups in total. The van der Waals surface area contributed by atoms with E-state index in [9.17, 15) is 0 Å². The van der Waals surface area contributed by atoms with E-state index in [4.69, 9.17) is 5.73 Å². The Hall–Kier alpha value is -0.990. The van der Waals surface area contributed by atoms with Crippen molar-refractivity contribution in [3.05, 3.63) is 11.8 Å². The van der Waals surface area contributed by atoms with Crippen LogP contribution in [0, 0.1) is 0 Å². The maximum atomic E-state index is 5.47. The van der Waals surface area contributed by atoms with Crippen LogP contribution in [0.3, 0.4) is 0 Å². The van der Waals surface area contributed by atoms with Gasteiger partial charge in [0.15, 0.2) is 0 Å². The van der Waals surface area contributed by atoms with E-state index in [2.05, 4.69) is 23.7 Å². The smallest absolute Gasteiger partial charge is 0.127 e. The molecule has 0 bridgehead atoms. The molecule has 0 aromatic rings. The fourth-order valence-corrected chi connectivity index (χ4v) is 1.33. The highest BCUT2D eigenvalue weighted by molar-refractivity contribution is 5.97. The lowest BCUT2D eigenvalue weighted by atomic mass is 10.2. The van der Waals surface area contributed by atoms with Gasteiger partial charge in [0.25, 0.3) is 0 Å². The largest absolute Gasteiger partial charge is 0.404 e. The number of nitrogens with zero attached hydrogens (tertiary/aromatic N) is 2. The molecule has 0 aromatic heterocycles. The molecule has 0 fully saturated rings. The first kappa shape index (κ1) is 12.0. The van der Waals surface area contributed by atoms with Gasteiger partial charge in [-0.3, -0.25) is 4.99 Å². The second-order valence-electron chi connectivity index (χ2n) is 2.98. The van der Waals surface area contributed by atoms with E-state index in [-0.39, 0.29) is 0 Å². The summed E-state index contributed by atoms with van der Waals surface area (Å²) >= 11 is 0. The molecule has 0 atom stereocenters. The van der Waals surface area contributed by atoms with Crippen molar-refractivity contribution in [2.75, 3.05) is 20.1 Å². The summed E-state index contributed by atoms with van der Waals surface area (Å²) in [6.07, 6.45) is 2.74. The summed E-state index contributed by atoms with van der Waals surface area (Å²) in [5.41, 5.74) is 6.51. The Morgan fingerprint density at radius 2 is 2.08 bits per heavy atom. The molecular formula is C10H21N3. The zero-order valence-corrected chi connectivity index (χ0v) is 9.17. The Kier molecular flexibility index (Phi) is 6.02. The van der Waals surface area contributed by atoms with Gasteiger partial charge in [-0.2, -0.15) is 0 Å². The molecule has 0 aromatic carbocycles. The first-order valence-corrected chi connectivity index (χ1v) is 4.81. The second-order valence-corrected chi connectivity index (χ2v) is 2.98. The van der Waals surface area contributed by atoms with Crippen LogP contribution in [-0.4, -0.2) is 30.9 Å². The standard InChI is InChI=1S/C10H21N3/c1-5-7-13(6-2)10(12-4)9(3)8-11/h8H,5-7,11H2,1-4H3/b9-8-,12-10?. The van der Waals surface area contributed by atoms with Gasteiger partial charge in [-0.25, -0.2) is 0 Å². The molecule has 3 heteroatoms. The van der Waals surface area contributed by atoms with E-state index >= 15 is 0 Å². The SMILES string of the molecule is CCCN(CC)C(=NC)/C(C)=C\N. The molecule has 3 nitrogen and oxygen atoms in total. The molecule has 0 aliphatic heterocycles. The van der Waals surface area contributed by atoms with E-state index in [1.54, 1.807) is 13.2 Å². The van der Waals surface area contributed by atoms with Crippen molar-refractivity contribution in [2.45, 2.75) is 27.2 Å². The van der Waals surface area contributed by atoms with Crippen molar-refractivity contribution >= 4 is 5.84 Å². The molecule has 0 rings (SSSR count). The van der Waals surface area contributed by atoms with Crippen LogP contribution in [0.2, 0.25) is 0 Å². The van der Waals surface area contributed by atoms with Gasteiger partial charge in [0.1, 0.15) is 5.84 Å². The van der Waals surface area contributed by atoms with Crippen molar-refractivity contribution in [2.24, 2.45) is 10.7 Å². The third kappa shape index (κ3) is 3.49. The molecule has 13 heavy (non-hydrogen) atoms. The van der Waals surface area contributed by atoms with E-state index in [0.29, 0.717) is 0 Å². The van der Waals surface area contributed by atoms with Gasteiger partial charge >= 0.3 is 0 Å². The van der Waals surface area contributed by atoms with E-state index in [1.807, 2.05) is 6.92 Å². The van der Waals surface area contributed by atoms with Crippen LogP contribution < -0.4 is 5.73 Å². The summed E-state index contributed by atoms with van der Waals surface area (Å²) in [5.74, 6) is 1.01. The lowest BCUT2D eigenvalue weighted by molar-refractivity contribution is 0.439. The number of amidine groups is 1. The highest BCUT2D eigenvalue weighted by Crippen LogP contribution is 2.02. The molecule has 0 amide bonds. The topological polar surface area (TPSA) is 41.6 Å². The highest BCUT2D eigenvalue weighted by Gasteiger charge is 2.08. The highest BCUT2D eigenvalue weighted by atomic mass is 15.2. The Morgan fingerprint density at radius 3 is 2.38 bits per heavy atom. The fourth-order valence-electron chi connectivity index (χ4n) is 1.33. The van der Waals surface area contributed by atoms with E-state index in [1.165, 1.54) is 0 Å². The van der Waals surface area contributed by atoms with Gasteiger partial charge in [-0.1, -0.05) is 6.92 Å². The number of likely N-dealkylation sites (N-methyl/N-ethyl adjacent to an activating group) is 1. The normalized spacial score (nSPS) is 13.2. The lowest BCUT2D eigenvalue weighted by Crippen LogP contribution is -2.32. The number of rotatable bonds is 4. The summed E-state index contributed by atoms with van der Waals surface area (Å²) in [4.78, 5) is 6.48. The molecule has 0 aliphatic rings. The maximum absolute atomic E-state index is 5.47. The number of hydrogen-bond donors (Lipinski definition) is 1. The molecule has 76 valence electrons. The minimum atomic E-state index is 0.978. The van der Waals surface area contributed by atoms with Crippen LogP contribution in [0.15, 0.2) is 16.8 Å². The molecule has 0 spiro atoms. The van der Waals surface area contributed by atoms with Gasteiger partial charge in [0, 0.05) is 31.9 Å². The monoisotopic (exact) mass is 183 g/mol. The van der Waals surface area contributed by atoms with E-state index in [0.717, 1.165) is 30.9 Å². The molecule has 0 saturated heterocycles. The zero-order valence-electron chi connectivity index (χ0n) is 9.17. The molecule has 0 heterocycles. The summed E-state index contributed by atoms with van der Waals surface area (Å²) < 4.78 is 0. The summed E-state index contributed by atoms with van der Waals surface area (Å²) in [6.45, 7) is 8.29. The van der Waals surface area contributed by atoms with Crippen molar-refractivity contribution in [1.82, 2.24) is 4.90 Å². The predicted octanol–water partition coefficient (Wildman–Crippen LogP) is 1.61. The van der Waals surface area contributed by atoms with Crippen molar-refractivity contribution in [3.63, 3.8) is 0 Å². The lowest BCUT2D eigenvalue weighted by Gasteiger charge is -2.24. The average molecular weight is 183 g/mol. The Morgan fingerprint density at radius 1 is 1.46 bits per heavy atom. The Labute approximate surface area is 81.3 Å². The van der Waals surface area contributed by atoms with Gasteiger partial charge in [-0.15, -0.1) is 0 Å². The van der Waals surface area contributed by atoms with Crippen LogP contribution >= 0.6 is 0 Å². The Bertz CT molecular complexity index is 194. The number of aliphatic imine (C=N–C) groups is 1. The van der Waals surface area contributed by atoms with E-state index < -0.39 is 0 Å². The third-order valence-electron chi connectivity index (χ3n) is 1.99. The summed E-state index contributed by atoms with van der Waals surface area (Å²) in [6, 6.07) is 0. The Balaban J connectivity index is 4.54. The second kappa shape index (κ2) is 6.52. The van der Waals surface area contributed by atoms with Crippen LogP contribution in [0.1, 0.15) is 27.2 Å². The number of hydrogen-bond acceptors (Lipinski definition) is 2. The molecule has 0 aliphatic carbocycles. The summed E-state index contributed by atoms with van der Waals surface area (Å²) in [5, 5.41) is 0. The third-order valence-corrected chi connectivity index (χ3v) is 1.99. The molecule has 0 radical (unpaired) electrons. The van der Waals surface area contributed by atoms with Gasteiger partial charge in [0.2, 0.25) is 0 Å². The first-order chi connectivity index (χ1) is 6.21. The minimum Gasteiger partial charge on any atom is -0.404 e. The predicted molar refractivity (Wildman–Crippen MR) is 58.8 cm³/mol. The minimum absolute atomic E-state index is 0.978. The van der Waals surface area contributed by atoms with Crippen molar-refractivity contribution < 1.29 is 0 Å². The quantitative estimate of drug-likeness (QED) is 0.531. The first-order valence-electron chi connectivity index (χ1n) is 4.81. The van der Waals surface area contributed by atoms with Crippen molar-refractivity contribution in [1.29, 1.82) is 0 Å². The van der Waals surface area contributed by atoms with Gasteiger partial charge in [0.05, 0.1) is 0 Å². The number of nitrogens with two attached hydrogens (primary N) is 1. The maximum Gasteiger partial charge on any atom is 0.127 e. The zero-order chi connectivity index (χ0) is 10.3. The molecule has 0 saturated carbocycles. The van der Waals surface area contributed by atoms with Crippen LogP contribution in [0.25, 0.3) is 0 Å². The van der Waals surface area contributed by atoms with Crippen LogP contribution in [0.5, 0.6) is 0 Å². The average Bonchev–Trinajstić information content (AvgIpc) is 2.17. The summed E-state index contributed by atoms with van der Waals surface area (Å²) in [7, 11) is 1.81. The molecular weight excluding hydrogens is 162 g/mol. The fraction of sp³-hybridized carbons (Fsp3) is 0.700.